The molecule has 2 rings (SSSR count). The lowest BCUT2D eigenvalue weighted by atomic mass is 10.1. The molecule has 2 aromatic carbocycles. The Morgan fingerprint density at radius 3 is 1.85 bits per heavy atom. The van der Waals surface area contributed by atoms with Crippen molar-refractivity contribution in [2.75, 3.05) is 16.4 Å². The predicted molar refractivity (Wildman–Crippen MR) is 102 cm³/mol. The van der Waals surface area contributed by atoms with Gasteiger partial charge in [0.25, 0.3) is 0 Å². The summed E-state index contributed by atoms with van der Waals surface area (Å²) in [7, 11) is -3.63. The van der Waals surface area contributed by atoms with Crippen LogP contribution in [0.25, 0.3) is 0 Å². The second-order valence-corrected chi connectivity index (χ2v) is 8.07. The SMILES string of the molecule is CC(=O)Nc1ccc(S(=O)(=O)CCC(=O)Nc2ccc(C(C)=O)cc2)cc1. The molecule has 0 bridgehead atoms. The van der Waals surface area contributed by atoms with Crippen LogP contribution in [0.15, 0.2) is 53.4 Å². The third-order valence-corrected chi connectivity index (χ3v) is 5.44. The first-order valence-corrected chi connectivity index (χ1v) is 9.84. The van der Waals surface area contributed by atoms with E-state index in [4.69, 9.17) is 0 Å². The van der Waals surface area contributed by atoms with E-state index in [-0.39, 0.29) is 28.8 Å². The van der Waals surface area contributed by atoms with Gasteiger partial charge >= 0.3 is 0 Å². The first-order chi connectivity index (χ1) is 12.7. The van der Waals surface area contributed by atoms with Crippen LogP contribution in [0, 0.1) is 0 Å². The van der Waals surface area contributed by atoms with Crippen LogP contribution < -0.4 is 10.6 Å². The molecule has 0 heterocycles. The van der Waals surface area contributed by atoms with Gasteiger partial charge in [-0.05, 0) is 55.5 Å². The Morgan fingerprint density at radius 2 is 1.33 bits per heavy atom. The van der Waals surface area contributed by atoms with Crippen molar-refractivity contribution in [2.24, 2.45) is 0 Å². The van der Waals surface area contributed by atoms with Crippen LogP contribution in [-0.4, -0.2) is 31.8 Å². The summed E-state index contributed by atoms with van der Waals surface area (Å²) >= 11 is 0. The van der Waals surface area contributed by atoms with Crippen molar-refractivity contribution in [3.8, 4) is 0 Å². The van der Waals surface area contributed by atoms with E-state index < -0.39 is 15.7 Å². The highest BCUT2D eigenvalue weighted by Crippen LogP contribution is 2.17. The summed E-state index contributed by atoms with van der Waals surface area (Å²) in [5.74, 6) is -1.12. The van der Waals surface area contributed by atoms with E-state index >= 15 is 0 Å². The molecule has 0 unspecified atom stereocenters. The number of carbonyl (C=O) groups is 3. The van der Waals surface area contributed by atoms with Gasteiger partial charge in [-0.1, -0.05) is 0 Å². The Balaban J connectivity index is 1.94. The fourth-order valence-corrected chi connectivity index (χ4v) is 3.55. The van der Waals surface area contributed by atoms with Crippen LogP contribution in [0.2, 0.25) is 0 Å². The average molecular weight is 388 g/mol. The van der Waals surface area contributed by atoms with Crippen molar-refractivity contribution >= 4 is 38.8 Å². The number of anilines is 2. The number of ketones is 1. The maximum absolute atomic E-state index is 12.3. The van der Waals surface area contributed by atoms with Crippen molar-refractivity contribution in [1.82, 2.24) is 0 Å². The second kappa shape index (κ2) is 8.59. The van der Waals surface area contributed by atoms with E-state index in [1.165, 1.54) is 38.1 Å². The van der Waals surface area contributed by atoms with Crippen molar-refractivity contribution in [1.29, 1.82) is 0 Å². The zero-order valence-corrected chi connectivity index (χ0v) is 15.8. The molecule has 0 fully saturated rings. The van der Waals surface area contributed by atoms with E-state index in [0.717, 1.165) is 0 Å². The maximum atomic E-state index is 12.3. The van der Waals surface area contributed by atoms with E-state index in [2.05, 4.69) is 10.6 Å². The Kier molecular flexibility index (Phi) is 6.46. The molecule has 27 heavy (non-hydrogen) atoms. The summed E-state index contributed by atoms with van der Waals surface area (Å²) in [6.07, 6.45) is -0.204. The van der Waals surface area contributed by atoms with Crippen LogP contribution in [0.3, 0.4) is 0 Å². The smallest absolute Gasteiger partial charge is 0.225 e. The number of amides is 2. The number of hydrogen-bond donors (Lipinski definition) is 2. The van der Waals surface area contributed by atoms with Crippen molar-refractivity contribution < 1.29 is 22.8 Å². The minimum atomic E-state index is -3.63. The number of hydrogen-bond acceptors (Lipinski definition) is 5. The third-order valence-electron chi connectivity index (χ3n) is 3.71. The lowest BCUT2D eigenvalue weighted by Gasteiger charge is -2.08. The first kappa shape index (κ1) is 20.3. The standard InChI is InChI=1S/C19H20N2O5S/c1-13(22)15-3-5-17(6-4-15)21-19(24)11-12-27(25,26)18-9-7-16(8-10-18)20-14(2)23/h3-10H,11-12H2,1-2H3,(H,20,23)(H,21,24). The molecular weight excluding hydrogens is 368 g/mol. The van der Waals surface area contributed by atoms with Crippen molar-refractivity contribution in [2.45, 2.75) is 25.2 Å². The van der Waals surface area contributed by atoms with Gasteiger partial charge in [0, 0.05) is 30.3 Å². The quantitative estimate of drug-likeness (QED) is 0.709. The topological polar surface area (TPSA) is 109 Å². The molecule has 0 aliphatic rings. The van der Waals surface area contributed by atoms with Crippen LogP contribution >= 0.6 is 0 Å². The minimum Gasteiger partial charge on any atom is -0.326 e. The fourth-order valence-electron chi connectivity index (χ4n) is 2.31. The fraction of sp³-hybridized carbons (Fsp3) is 0.211. The summed E-state index contributed by atoms with van der Waals surface area (Å²) in [6, 6.07) is 12.1. The molecule has 0 radical (unpaired) electrons. The molecule has 0 aliphatic carbocycles. The van der Waals surface area contributed by atoms with Crippen LogP contribution in [-0.2, 0) is 19.4 Å². The van der Waals surface area contributed by atoms with Crippen LogP contribution in [0.4, 0.5) is 11.4 Å². The predicted octanol–water partition coefficient (Wildman–Crippen LogP) is 2.65. The maximum Gasteiger partial charge on any atom is 0.225 e. The molecule has 8 heteroatoms. The molecule has 0 atom stereocenters. The van der Waals surface area contributed by atoms with Crippen LogP contribution in [0.1, 0.15) is 30.6 Å². The third kappa shape index (κ3) is 6.03. The van der Waals surface area contributed by atoms with Gasteiger partial charge in [-0.2, -0.15) is 0 Å². The number of Topliss-reactive ketones (excluding diaryl/α,β-unsaturated/α-hetero) is 1. The molecule has 142 valence electrons. The molecule has 0 aliphatic heterocycles. The lowest BCUT2D eigenvalue weighted by molar-refractivity contribution is -0.116. The minimum absolute atomic E-state index is 0.0789. The number of carbonyl (C=O) groups excluding carboxylic acids is 3. The molecule has 7 nitrogen and oxygen atoms in total. The van der Waals surface area contributed by atoms with Gasteiger partial charge in [0.05, 0.1) is 10.6 Å². The van der Waals surface area contributed by atoms with Gasteiger partial charge in [-0.3, -0.25) is 14.4 Å². The van der Waals surface area contributed by atoms with E-state index in [9.17, 15) is 22.8 Å². The zero-order valence-electron chi connectivity index (χ0n) is 15.0. The van der Waals surface area contributed by atoms with Crippen molar-refractivity contribution in [3.05, 3.63) is 54.1 Å². The first-order valence-electron chi connectivity index (χ1n) is 8.18. The number of rotatable bonds is 7. The van der Waals surface area contributed by atoms with E-state index in [1.807, 2.05) is 0 Å². The Bertz CT molecular complexity index is 949. The zero-order chi connectivity index (χ0) is 20.0. The summed E-state index contributed by atoms with van der Waals surface area (Å²) in [5, 5.41) is 5.15. The summed E-state index contributed by atoms with van der Waals surface area (Å²) in [5.41, 5.74) is 1.51. The Morgan fingerprint density at radius 1 is 0.815 bits per heavy atom. The molecule has 0 spiro atoms. The average Bonchev–Trinajstić information content (AvgIpc) is 2.60. The molecule has 0 saturated heterocycles. The summed E-state index contributed by atoms with van der Waals surface area (Å²) in [4.78, 5) is 34.3. The van der Waals surface area contributed by atoms with Gasteiger partial charge in [-0.15, -0.1) is 0 Å². The monoisotopic (exact) mass is 388 g/mol. The molecule has 0 aromatic heterocycles. The molecule has 2 amide bonds. The van der Waals surface area contributed by atoms with Gasteiger partial charge in [0.1, 0.15) is 0 Å². The van der Waals surface area contributed by atoms with Gasteiger partial charge in [0.15, 0.2) is 15.6 Å². The van der Waals surface area contributed by atoms with Crippen LogP contribution in [0.5, 0.6) is 0 Å². The van der Waals surface area contributed by atoms with E-state index in [1.54, 1.807) is 24.3 Å². The molecule has 2 aromatic rings. The summed E-state index contributed by atoms with van der Waals surface area (Å²) in [6.45, 7) is 2.80. The highest BCUT2D eigenvalue weighted by molar-refractivity contribution is 7.91. The second-order valence-electron chi connectivity index (χ2n) is 5.96. The van der Waals surface area contributed by atoms with Gasteiger partial charge in [0.2, 0.25) is 11.8 Å². The van der Waals surface area contributed by atoms with Gasteiger partial charge < -0.3 is 10.6 Å². The highest BCUT2D eigenvalue weighted by Gasteiger charge is 2.17. The Labute approximate surface area is 157 Å². The highest BCUT2D eigenvalue weighted by atomic mass is 32.2. The Hall–Kier alpha value is -3.00. The number of nitrogens with one attached hydrogen (secondary N) is 2. The molecule has 0 saturated carbocycles. The lowest BCUT2D eigenvalue weighted by Crippen LogP contribution is -2.17. The molecular formula is C19H20N2O5S. The van der Waals surface area contributed by atoms with E-state index in [0.29, 0.717) is 16.9 Å². The molecule has 2 N–H and O–H groups in total. The largest absolute Gasteiger partial charge is 0.326 e. The number of benzene rings is 2. The summed E-state index contributed by atoms with van der Waals surface area (Å²) < 4.78 is 24.7. The number of sulfone groups is 1. The van der Waals surface area contributed by atoms with Crippen molar-refractivity contribution in [3.63, 3.8) is 0 Å². The normalized spacial score (nSPS) is 10.9. The van der Waals surface area contributed by atoms with Gasteiger partial charge in [-0.25, -0.2) is 8.42 Å².